The Bertz CT molecular complexity index is 740. The van der Waals surface area contributed by atoms with Crippen molar-refractivity contribution in [3.63, 3.8) is 0 Å². The van der Waals surface area contributed by atoms with E-state index in [1.807, 2.05) is 6.07 Å². The molecule has 2 rings (SSSR count). The molecule has 9 nitrogen and oxygen atoms in total. The van der Waals surface area contributed by atoms with Crippen LogP contribution in [0.2, 0.25) is 0 Å². The van der Waals surface area contributed by atoms with Gasteiger partial charge < -0.3 is 10.2 Å². The highest BCUT2D eigenvalue weighted by atomic mass is 16.6. The number of nitro groups is 1. The highest BCUT2D eigenvalue weighted by Gasteiger charge is 2.17. The lowest BCUT2D eigenvalue weighted by molar-refractivity contribution is -0.385. The van der Waals surface area contributed by atoms with Gasteiger partial charge in [0, 0.05) is 12.1 Å². The van der Waals surface area contributed by atoms with Gasteiger partial charge in [-0.25, -0.2) is 10.8 Å². The van der Waals surface area contributed by atoms with Crippen LogP contribution in [0.3, 0.4) is 0 Å². The molecule has 0 bridgehead atoms. The summed E-state index contributed by atoms with van der Waals surface area (Å²) in [5.74, 6) is 6.03. The largest absolute Gasteiger partial charge is 0.432 e. The van der Waals surface area contributed by atoms with Gasteiger partial charge in [-0.1, -0.05) is 0 Å². The van der Waals surface area contributed by atoms with Crippen molar-refractivity contribution < 1.29 is 9.66 Å². The lowest BCUT2D eigenvalue weighted by Gasteiger charge is -2.07. The molecule has 0 spiro atoms. The molecule has 0 saturated carbocycles. The van der Waals surface area contributed by atoms with Gasteiger partial charge in [0.15, 0.2) is 0 Å². The zero-order chi connectivity index (χ0) is 15.4. The molecule has 3 N–H and O–H groups in total. The highest BCUT2D eigenvalue weighted by molar-refractivity contribution is 5.53. The molecule has 0 atom stereocenters. The minimum atomic E-state index is -0.633. The van der Waals surface area contributed by atoms with E-state index in [0.717, 1.165) is 6.07 Å². The van der Waals surface area contributed by atoms with Crippen LogP contribution in [0.25, 0.3) is 0 Å². The molecule has 9 heteroatoms. The highest BCUT2D eigenvalue weighted by Crippen LogP contribution is 2.31. The average molecular weight is 286 g/mol. The zero-order valence-corrected chi connectivity index (χ0v) is 10.9. The summed E-state index contributed by atoms with van der Waals surface area (Å²) >= 11 is 0. The number of aromatic nitrogens is 2. The monoisotopic (exact) mass is 286 g/mol. The molecule has 0 amide bonds. The van der Waals surface area contributed by atoms with Gasteiger partial charge in [0.25, 0.3) is 0 Å². The number of nitro benzene ring substituents is 1. The van der Waals surface area contributed by atoms with Crippen LogP contribution in [-0.4, -0.2) is 14.9 Å². The number of nitrogens with two attached hydrogens (primary N) is 1. The summed E-state index contributed by atoms with van der Waals surface area (Å²) in [5, 5.41) is 19.8. The fourth-order valence-electron chi connectivity index (χ4n) is 1.60. The fourth-order valence-corrected chi connectivity index (χ4v) is 1.60. The topological polar surface area (TPSA) is 140 Å². The van der Waals surface area contributed by atoms with Crippen molar-refractivity contribution in [3.8, 4) is 17.7 Å². The smallest absolute Gasteiger partial charge is 0.312 e. The van der Waals surface area contributed by atoms with Crippen molar-refractivity contribution in [2.24, 2.45) is 5.84 Å². The van der Waals surface area contributed by atoms with Gasteiger partial charge >= 0.3 is 5.69 Å². The maximum atomic E-state index is 11.0. The summed E-state index contributed by atoms with van der Waals surface area (Å²) in [6, 6.07) is 7.11. The van der Waals surface area contributed by atoms with Crippen molar-refractivity contribution in [1.29, 1.82) is 5.26 Å². The third-order valence-corrected chi connectivity index (χ3v) is 2.46. The van der Waals surface area contributed by atoms with Crippen molar-refractivity contribution in [3.05, 3.63) is 45.8 Å². The molecule has 2 aromatic rings. The maximum absolute atomic E-state index is 11.0. The van der Waals surface area contributed by atoms with Gasteiger partial charge in [-0.05, 0) is 19.1 Å². The SMILES string of the molecule is Cc1nc(NN)cc(Oc2ccc(C#N)cc2[N+](=O)[O-])n1. The van der Waals surface area contributed by atoms with Gasteiger partial charge in [-0.15, -0.1) is 0 Å². The van der Waals surface area contributed by atoms with Gasteiger partial charge in [-0.3, -0.25) is 10.1 Å². The van der Waals surface area contributed by atoms with Crippen LogP contribution in [0, 0.1) is 28.4 Å². The predicted molar refractivity (Wildman–Crippen MR) is 72.5 cm³/mol. The van der Waals surface area contributed by atoms with Gasteiger partial charge in [0.1, 0.15) is 11.6 Å². The van der Waals surface area contributed by atoms with Gasteiger partial charge in [0.2, 0.25) is 11.6 Å². The molecule has 0 unspecified atom stereocenters. The lowest BCUT2D eigenvalue weighted by Crippen LogP contribution is -2.10. The molecule has 0 aliphatic heterocycles. The Hall–Kier alpha value is -3.25. The number of hydrogen-bond donors (Lipinski definition) is 2. The third kappa shape index (κ3) is 3.20. The number of ether oxygens (including phenoxy) is 1. The predicted octanol–water partition coefficient (Wildman–Crippen LogP) is 1.64. The number of nitrogen functional groups attached to an aromatic ring is 1. The Morgan fingerprint density at radius 3 is 2.81 bits per heavy atom. The number of nitrogens with one attached hydrogen (secondary N) is 1. The Balaban J connectivity index is 2.42. The molecule has 21 heavy (non-hydrogen) atoms. The lowest BCUT2D eigenvalue weighted by atomic mass is 10.2. The molecule has 0 fully saturated rings. The van der Waals surface area contributed by atoms with E-state index < -0.39 is 4.92 Å². The molecule has 1 aromatic heterocycles. The van der Waals surface area contributed by atoms with Crippen molar-refractivity contribution in [2.75, 3.05) is 5.43 Å². The van der Waals surface area contributed by atoms with Crippen LogP contribution in [-0.2, 0) is 0 Å². The second-order valence-corrected chi connectivity index (χ2v) is 3.94. The zero-order valence-electron chi connectivity index (χ0n) is 10.9. The molecular weight excluding hydrogens is 276 g/mol. The molecule has 106 valence electrons. The molecule has 0 saturated heterocycles. The minimum Gasteiger partial charge on any atom is -0.432 e. The van der Waals surface area contributed by atoms with E-state index in [1.54, 1.807) is 6.92 Å². The van der Waals surface area contributed by atoms with E-state index in [1.165, 1.54) is 18.2 Å². The van der Waals surface area contributed by atoms with Crippen LogP contribution in [0.5, 0.6) is 11.6 Å². The Morgan fingerprint density at radius 1 is 1.43 bits per heavy atom. The summed E-state index contributed by atoms with van der Waals surface area (Å²) in [7, 11) is 0. The summed E-state index contributed by atoms with van der Waals surface area (Å²) in [4.78, 5) is 18.4. The number of nitriles is 1. The number of aryl methyl sites for hydroxylation is 1. The average Bonchev–Trinajstić information content (AvgIpc) is 2.46. The number of benzene rings is 1. The second-order valence-electron chi connectivity index (χ2n) is 3.94. The van der Waals surface area contributed by atoms with E-state index in [0.29, 0.717) is 11.6 Å². The quantitative estimate of drug-likeness (QED) is 0.491. The molecule has 0 radical (unpaired) electrons. The van der Waals surface area contributed by atoms with Crippen LogP contribution < -0.4 is 16.0 Å². The molecule has 0 aliphatic rings. The fraction of sp³-hybridized carbons (Fsp3) is 0.0833. The van der Waals surface area contributed by atoms with Crippen LogP contribution in [0.1, 0.15) is 11.4 Å². The van der Waals surface area contributed by atoms with Gasteiger partial charge in [0.05, 0.1) is 16.6 Å². The Kier molecular flexibility index (Phi) is 3.92. The standard InChI is InChI=1S/C12H10N6O3/c1-7-15-11(17-14)5-12(16-7)21-10-3-2-8(6-13)4-9(10)18(19)20/h2-5H,14H2,1H3,(H,15,16,17). The molecule has 1 heterocycles. The minimum absolute atomic E-state index is 0.0277. The maximum Gasteiger partial charge on any atom is 0.312 e. The normalized spacial score (nSPS) is 9.76. The summed E-state index contributed by atoms with van der Waals surface area (Å²) in [6.45, 7) is 1.63. The number of nitrogens with zero attached hydrogens (tertiary/aromatic N) is 4. The third-order valence-electron chi connectivity index (χ3n) is 2.46. The van der Waals surface area contributed by atoms with Crippen LogP contribution >= 0.6 is 0 Å². The number of anilines is 1. The van der Waals surface area contributed by atoms with Crippen molar-refractivity contribution in [1.82, 2.24) is 9.97 Å². The first-order valence-corrected chi connectivity index (χ1v) is 5.72. The van der Waals surface area contributed by atoms with E-state index in [2.05, 4.69) is 15.4 Å². The summed E-state index contributed by atoms with van der Waals surface area (Å²) in [5.41, 5.74) is 2.18. The molecule has 0 aliphatic carbocycles. The van der Waals surface area contributed by atoms with E-state index in [9.17, 15) is 10.1 Å². The molecule has 1 aromatic carbocycles. The molecular formula is C12H10N6O3. The summed E-state index contributed by atoms with van der Waals surface area (Å²) < 4.78 is 5.40. The first kappa shape index (κ1) is 14.2. The van der Waals surface area contributed by atoms with E-state index >= 15 is 0 Å². The Labute approximate surface area is 119 Å². The van der Waals surface area contributed by atoms with Crippen molar-refractivity contribution in [2.45, 2.75) is 6.92 Å². The van der Waals surface area contributed by atoms with Crippen molar-refractivity contribution >= 4 is 11.5 Å². The van der Waals surface area contributed by atoms with Crippen LogP contribution in [0.15, 0.2) is 24.3 Å². The number of hydrazine groups is 1. The first-order chi connectivity index (χ1) is 10.0. The number of rotatable bonds is 4. The van der Waals surface area contributed by atoms with Gasteiger partial charge in [-0.2, -0.15) is 10.2 Å². The summed E-state index contributed by atoms with van der Waals surface area (Å²) in [6.07, 6.45) is 0. The van der Waals surface area contributed by atoms with E-state index in [-0.39, 0.29) is 22.9 Å². The number of hydrogen-bond acceptors (Lipinski definition) is 8. The Morgan fingerprint density at radius 2 is 2.19 bits per heavy atom. The van der Waals surface area contributed by atoms with Crippen LogP contribution in [0.4, 0.5) is 11.5 Å². The van der Waals surface area contributed by atoms with E-state index in [4.69, 9.17) is 15.8 Å². The second kappa shape index (κ2) is 5.81. The first-order valence-electron chi connectivity index (χ1n) is 5.72.